The Morgan fingerprint density at radius 2 is 2.12 bits per heavy atom. The van der Waals surface area contributed by atoms with Crippen LogP contribution in [0, 0.1) is 0 Å². The molecule has 1 unspecified atom stereocenters. The lowest BCUT2D eigenvalue weighted by molar-refractivity contribution is -0.125. The van der Waals surface area contributed by atoms with Gasteiger partial charge in [-0.15, -0.1) is 0 Å². The van der Waals surface area contributed by atoms with Crippen molar-refractivity contribution in [2.75, 3.05) is 13.2 Å². The van der Waals surface area contributed by atoms with Crippen molar-refractivity contribution in [1.82, 2.24) is 5.32 Å². The summed E-state index contributed by atoms with van der Waals surface area (Å²) in [6.45, 7) is -0.0833. The summed E-state index contributed by atoms with van der Waals surface area (Å²) in [4.78, 5) is 25.7. The molecule has 0 aliphatic rings. The molecule has 0 aliphatic carbocycles. The molecule has 0 saturated heterocycles. The van der Waals surface area contributed by atoms with E-state index in [1.165, 1.54) is 0 Å². The molecule has 8 N–H and O–H groups in total. The van der Waals surface area contributed by atoms with Gasteiger partial charge in [-0.3, -0.25) is 9.79 Å². The number of rotatable bonds is 8. The molecule has 2 atom stereocenters. The van der Waals surface area contributed by atoms with Crippen molar-refractivity contribution in [3.63, 3.8) is 0 Å². The zero-order valence-corrected chi connectivity index (χ0v) is 9.50. The van der Waals surface area contributed by atoms with Gasteiger partial charge in [0.05, 0.1) is 12.6 Å². The maximum Gasteiger partial charge on any atom is 0.239 e. The van der Waals surface area contributed by atoms with Crippen LogP contribution in [-0.2, 0) is 9.59 Å². The van der Waals surface area contributed by atoms with Crippen molar-refractivity contribution in [3.8, 4) is 0 Å². The van der Waals surface area contributed by atoms with E-state index in [1.807, 2.05) is 0 Å². The summed E-state index contributed by atoms with van der Waals surface area (Å²) < 4.78 is 0. The first-order valence-electron chi connectivity index (χ1n) is 5.18. The Morgan fingerprint density at radius 1 is 1.47 bits per heavy atom. The maximum atomic E-state index is 11.3. The zero-order chi connectivity index (χ0) is 13.3. The number of carbonyl (C=O) groups is 2. The van der Waals surface area contributed by atoms with E-state index >= 15 is 0 Å². The summed E-state index contributed by atoms with van der Waals surface area (Å²) in [7, 11) is 0. The van der Waals surface area contributed by atoms with Crippen molar-refractivity contribution in [2.24, 2.45) is 22.2 Å². The van der Waals surface area contributed by atoms with Crippen LogP contribution in [-0.4, -0.2) is 48.5 Å². The quantitative estimate of drug-likeness (QED) is 0.133. The first-order valence-corrected chi connectivity index (χ1v) is 5.18. The third-order valence-electron chi connectivity index (χ3n) is 1.99. The summed E-state index contributed by atoms with van der Waals surface area (Å²) in [6.07, 6.45) is 1.57. The fourth-order valence-corrected chi connectivity index (χ4v) is 1.07. The van der Waals surface area contributed by atoms with Crippen molar-refractivity contribution < 1.29 is 14.7 Å². The molecule has 0 fully saturated rings. The van der Waals surface area contributed by atoms with E-state index in [9.17, 15) is 9.59 Å². The predicted octanol–water partition coefficient (Wildman–Crippen LogP) is -2.96. The number of aliphatic hydroxyl groups is 1. The Morgan fingerprint density at radius 3 is 2.59 bits per heavy atom. The van der Waals surface area contributed by atoms with Crippen LogP contribution in [0.5, 0.6) is 0 Å². The molecular weight excluding hydrogens is 226 g/mol. The van der Waals surface area contributed by atoms with Crippen LogP contribution < -0.4 is 22.5 Å². The van der Waals surface area contributed by atoms with Crippen LogP contribution >= 0.6 is 0 Å². The second-order valence-corrected chi connectivity index (χ2v) is 3.49. The van der Waals surface area contributed by atoms with Gasteiger partial charge in [-0.2, -0.15) is 0 Å². The highest BCUT2D eigenvalue weighted by Gasteiger charge is 2.16. The molecule has 1 amide bonds. The minimum Gasteiger partial charge on any atom is -0.394 e. The van der Waals surface area contributed by atoms with Crippen LogP contribution in [0.1, 0.15) is 12.8 Å². The molecule has 0 radical (unpaired) electrons. The van der Waals surface area contributed by atoms with E-state index < -0.39 is 24.6 Å². The fraction of sp³-hybridized carbons (Fsp3) is 0.667. The molecule has 0 spiro atoms. The summed E-state index contributed by atoms with van der Waals surface area (Å²) in [5.74, 6) is -0.578. The highest BCUT2D eigenvalue weighted by molar-refractivity contribution is 5.84. The molecule has 0 aliphatic heterocycles. The molecule has 0 aromatic carbocycles. The van der Waals surface area contributed by atoms with Crippen molar-refractivity contribution in [2.45, 2.75) is 24.9 Å². The Labute approximate surface area is 99.2 Å². The first kappa shape index (κ1) is 15.3. The van der Waals surface area contributed by atoms with Crippen molar-refractivity contribution >= 4 is 18.2 Å². The summed E-state index contributed by atoms with van der Waals surface area (Å²) in [5, 5.41) is 11.0. The maximum absolute atomic E-state index is 11.3. The summed E-state index contributed by atoms with van der Waals surface area (Å²) in [6, 6.07) is -1.66. The number of guanidine groups is 1. The number of nitrogens with two attached hydrogens (primary N) is 3. The van der Waals surface area contributed by atoms with Gasteiger partial charge in [-0.05, 0) is 12.8 Å². The molecule has 0 saturated carbocycles. The number of nitrogens with zero attached hydrogens (tertiary/aromatic N) is 1. The number of amides is 1. The molecule has 0 aromatic rings. The van der Waals surface area contributed by atoms with E-state index in [4.69, 9.17) is 22.3 Å². The second kappa shape index (κ2) is 8.48. The third-order valence-corrected chi connectivity index (χ3v) is 1.99. The predicted molar refractivity (Wildman–Crippen MR) is 63.0 cm³/mol. The highest BCUT2D eigenvalue weighted by atomic mass is 16.3. The van der Waals surface area contributed by atoms with Crippen molar-refractivity contribution in [1.29, 1.82) is 0 Å². The molecule has 0 bridgehead atoms. The van der Waals surface area contributed by atoms with Crippen LogP contribution in [0.3, 0.4) is 0 Å². The molecule has 0 heterocycles. The van der Waals surface area contributed by atoms with Gasteiger partial charge in [-0.1, -0.05) is 0 Å². The van der Waals surface area contributed by atoms with Gasteiger partial charge in [-0.25, -0.2) is 0 Å². The Bertz CT molecular complexity index is 278. The molecule has 98 valence electrons. The number of aldehydes is 1. The largest absolute Gasteiger partial charge is 0.394 e. The Kier molecular flexibility index (Phi) is 7.65. The highest BCUT2D eigenvalue weighted by Crippen LogP contribution is 1.96. The van der Waals surface area contributed by atoms with E-state index in [0.717, 1.165) is 0 Å². The first-order chi connectivity index (χ1) is 8.01. The lowest BCUT2D eigenvalue weighted by Gasteiger charge is -2.14. The fourth-order valence-electron chi connectivity index (χ4n) is 1.07. The van der Waals surface area contributed by atoms with Gasteiger partial charge < -0.3 is 32.4 Å². The third kappa shape index (κ3) is 7.25. The van der Waals surface area contributed by atoms with E-state index in [1.54, 1.807) is 0 Å². The average molecular weight is 245 g/mol. The normalized spacial score (nSPS) is 13.5. The van der Waals surface area contributed by atoms with Gasteiger partial charge in [0.15, 0.2) is 5.96 Å². The van der Waals surface area contributed by atoms with Crippen LogP contribution in [0.2, 0.25) is 0 Å². The Hall–Kier alpha value is -1.67. The number of aliphatic hydroxyl groups excluding tert-OH is 1. The number of hydrogen-bond acceptors (Lipinski definition) is 5. The number of hydrogen-bond donors (Lipinski definition) is 5. The minimum absolute atomic E-state index is 0.0148. The molecule has 8 nitrogen and oxygen atoms in total. The van der Waals surface area contributed by atoms with Crippen LogP contribution in [0.15, 0.2) is 4.99 Å². The summed E-state index contributed by atoms with van der Waals surface area (Å²) >= 11 is 0. The topological polar surface area (TPSA) is 157 Å². The van der Waals surface area contributed by atoms with E-state index in [0.29, 0.717) is 25.7 Å². The lowest BCUT2D eigenvalue weighted by atomic mass is 10.1. The molecule has 8 heteroatoms. The molecule has 0 rings (SSSR count). The minimum atomic E-state index is -1.02. The number of nitrogens with one attached hydrogen (secondary N) is 1. The van der Waals surface area contributed by atoms with Gasteiger partial charge in [0.1, 0.15) is 12.3 Å². The van der Waals surface area contributed by atoms with E-state index in [-0.39, 0.29) is 5.96 Å². The zero-order valence-electron chi connectivity index (χ0n) is 9.50. The second-order valence-electron chi connectivity index (χ2n) is 3.49. The Balaban J connectivity index is 3.96. The van der Waals surface area contributed by atoms with Crippen molar-refractivity contribution in [3.05, 3.63) is 0 Å². The SMILES string of the molecule is NC(N)=NCCC[C@@H](C=O)NC(=O)C(N)CO. The van der Waals surface area contributed by atoms with Crippen LogP contribution in [0.25, 0.3) is 0 Å². The van der Waals surface area contributed by atoms with Gasteiger partial charge in [0, 0.05) is 6.54 Å². The summed E-state index contributed by atoms with van der Waals surface area (Å²) in [5.41, 5.74) is 15.5. The monoisotopic (exact) mass is 245 g/mol. The smallest absolute Gasteiger partial charge is 0.239 e. The molecular formula is C9H19N5O3. The van der Waals surface area contributed by atoms with Gasteiger partial charge >= 0.3 is 0 Å². The van der Waals surface area contributed by atoms with Gasteiger partial charge in [0.25, 0.3) is 0 Å². The van der Waals surface area contributed by atoms with Crippen LogP contribution in [0.4, 0.5) is 0 Å². The molecule has 17 heavy (non-hydrogen) atoms. The standard InChI is InChI=1S/C9H19N5O3/c10-7(5-16)8(17)14-6(4-15)2-1-3-13-9(11)12/h4,6-7,16H,1-3,5,10H2,(H,14,17)(H4,11,12,13)/t6-,7?/m0/s1. The van der Waals surface area contributed by atoms with E-state index in [2.05, 4.69) is 10.3 Å². The number of carbonyl (C=O) groups excluding carboxylic acids is 2. The lowest BCUT2D eigenvalue weighted by Crippen LogP contribution is -2.47. The molecule has 0 aromatic heterocycles. The van der Waals surface area contributed by atoms with Gasteiger partial charge in [0.2, 0.25) is 5.91 Å². The average Bonchev–Trinajstić information content (AvgIpc) is 2.31. The number of aliphatic imine (C=N–C) groups is 1.